The first-order chi connectivity index (χ1) is 8.59. The lowest BCUT2D eigenvalue weighted by atomic mass is 10.00. The molecule has 0 spiro atoms. The van der Waals surface area contributed by atoms with Crippen LogP contribution in [0.5, 0.6) is 0 Å². The van der Waals surface area contributed by atoms with Gasteiger partial charge in [0.05, 0.1) is 5.02 Å². The number of halogens is 2. The van der Waals surface area contributed by atoms with Crippen LogP contribution in [0.1, 0.15) is 22.0 Å². The fourth-order valence-corrected chi connectivity index (χ4v) is 1.96. The summed E-state index contributed by atoms with van der Waals surface area (Å²) in [5.41, 5.74) is 0.797. The van der Waals surface area contributed by atoms with Crippen LogP contribution in [0.25, 0.3) is 0 Å². The quantitative estimate of drug-likeness (QED) is 0.866. The highest BCUT2D eigenvalue weighted by molar-refractivity contribution is 6.34. The van der Waals surface area contributed by atoms with E-state index in [9.17, 15) is 9.90 Å². The molecule has 2 rings (SSSR count). The Labute approximate surface area is 115 Å². The molecule has 2 nitrogen and oxygen atoms in total. The topological polar surface area (TPSA) is 37.3 Å². The number of carbonyl (C=O) groups excluding carboxylic acids is 1. The first kappa shape index (κ1) is 13.1. The Bertz CT molecular complexity index is 564. The average molecular weight is 281 g/mol. The molecule has 92 valence electrons. The van der Waals surface area contributed by atoms with Crippen molar-refractivity contribution < 1.29 is 9.90 Å². The van der Waals surface area contributed by atoms with Gasteiger partial charge in [-0.1, -0.05) is 47.5 Å². The second kappa shape index (κ2) is 5.53. The smallest absolute Gasteiger partial charge is 0.197 e. The van der Waals surface area contributed by atoms with Crippen LogP contribution >= 0.6 is 23.2 Å². The largest absolute Gasteiger partial charge is 0.380 e. The molecule has 1 atom stereocenters. The zero-order chi connectivity index (χ0) is 13.1. The SMILES string of the molecule is O=C(c1ccccc1Cl)C(O)c1ccc(Cl)cc1. The minimum atomic E-state index is -1.23. The van der Waals surface area contributed by atoms with Crippen molar-refractivity contribution in [2.24, 2.45) is 0 Å². The van der Waals surface area contributed by atoms with Gasteiger partial charge in [-0.05, 0) is 29.8 Å². The van der Waals surface area contributed by atoms with Gasteiger partial charge in [-0.3, -0.25) is 4.79 Å². The molecule has 0 amide bonds. The zero-order valence-corrected chi connectivity index (χ0v) is 10.8. The summed E-state index contributed by atoms with van der Waals surface area (Å²) >= 11 is 11.7. The molecule has 0 bridgehead atoms. The van der Waals surface area contributed by atoms with Gasteiger partial charge < -0.3 is 5.11 Å². The highest BCUT2D eigenvalue weighted by Gasteiger charge is 2.20. The van der Waals surface area contributed by atoms with E-state index in [1.807, 2.05) is 0 Å². The van der Waals surface area contributed by atoms with Gasteiger partial charge in [-0.15, -0.1) is 0 Å². The number of carbonyl (C=O) groups is 1. The van der Waals surface area contributed by atoms with Gasteiger partial charge in [0.15, 0.2) is 5.78 Å². The van der Waals surface area contributed by atoms with Crippen molar-refractivity contribution in [3.8, 4) is 0 Å². The molecule has 0 radical (unpaired) electrons. The van der Waals surface area contributed by atoms with Gasteiger partial charge in [0.25, 0.3) is 0 Å². The van der Waals surface area contributed by atoms with E-state index in [-0.39, 0.29) is 0 Å². The highest BCUT2D eigenvalue weighted by Crippen LogP contribution is 2.24. The monoisotopic (exact) mass is 280 g/mol. The maximum Gasteiger partial charge on any atom is 0.197 e. The Morgan fingerprint density at radius 2 is 1.61 bits per heavy atom. The van der Waals surface area contributed by atoms with Gasteiger partial charge in [0.1, 0.15) is 6.10 Å². The summed E-state index contributed by atoms with van der Waals surface area (Å²) in [7, 11) is 0. The lowest BCUT2D eigenvalue weighted by Crippen LogP contribution is -2.12. The van der Waals surface area contributed by atoms with Crippen molar-refractivity contribution >= 4 is 29.0 Å². The van der Waals surface area contributed by atoms with Crippen LogP contribution in [-0.2, 0) is 0 Å². The summed E-state index contributed by atoms with van der Waals surface area (Å²) in [6.07, 6.45) is -1.23. The van der Waals surface area contributed by atoms with Gasteiger partial charge in [0, 0.05) is 10.6 Å². The third-order valence-electron chi connectivity index (χ3n) is 2.57. The van der Waals surface area contributed by atoms with E-state index in [2.05, 4.69) is 0 Å². The number of aliphatic hydroxyl groups is 1. The van der Waals surface area contributed by atoms with Crippen molar-refractivity contribution in [1.82, 2.24) is 0 Å². The van der Waals surface area contributed by atoms with E-state index in [1.54, 1.807) is 48.5 Å². The number of rotatable bonds is 3. The normalized spacial score (nSPS) is 12.2. The number of ketones is 1. The van der Waals surface area contributed by atoms with Gasteiger partial charge in [-0.25, -0.2) is 0 Å². The Morgan fingerprint density at radius 3 is 2.22 bits per heavy atom. The first-order valence-corrected chi connectivity index (χ1v) is 6.07. The zero-order valence-electron chi connectivity index (χ0n) is 9.31. The molecule has 0 saturated heterocycles. The molecule has 0 fully saturated rings. The molecular formula is C14H10Cl2O2. The number of hydrogen-bond donors (Lipinski definition) is 1. The molecule has 0 aliphatic heterocycles. The van der Waals surface area contributed by atoms with E-state index in [1.165, 1.54) is 0 Å². The van der Waals surface area contributed by atoms with Crippen LogP contribution in [0.3, 0.4) is 0 Å². The van der Waals surface area contributed by atoms with E-state index < -0.39 is 11.9 Å². The van der Waals surface area contributed by atoms with E-state index in [0.29, 0.717) is 21.2 Å². The molecule has 2 aromatic carbocycles. The summed E-state index contributed by atoms with van der Waals surface area (Å²) in [6.45, 7) is 0. The summed E-state index contributed by atoms with van der Waals surface area (Å²) in [5, 5.41) is 10.9. The second-order valence-electron chi connectivity index (χ2n) is 3.80. The predicted octanol–water partition coefficient (Wildman–Crippen LogP) is 3.91. The molecule has 0 aromatic heterocycles. The van der Waals surface area contributed by atoms with Crippen LogP contribution in [-0.4, -0.2) is 10.9 Å². The molecule has 0 aliphatic carbocycles. The van der Waals surface area contributed by atoms with E-state index in [0.717, 1.165) is 0 Å². The molecule has 4 heteroatoms. The Kier molecular flexibility index (Phi) is 4.02. The summed E-state index contributed by atoms with van der Waals surface area (Å²) < 4.78 is 0. The molecule has 18 heavy (non-hydrogen) atoms. The minimum Gasteiger partial charge on any atom is -0.380 e. The number of benzene rings is 2. The summed E-state index contributed by atoms with van der Waals surface area (Å²) in [5.74, 6) is -0.428. The van der Waals surface area contributed by atoms with Crippen molar-refractivity contribution in [1.29, 1.82) is 0 Å². The third-order valence-corrected chi connectivity index (χ3v) is 3.15. The number of aliphatic hydroxyl groups excluding tert-OH is 1. The van der Waals surface area contributed by atoms with Crippen LogP contribution in [0.15, 0.2) is 48.5 Å². The lowest BCUT2D eigenvalue weighted by Gasteiger charge is -2.11. The van der Waals surface area contributed by atoms with Crippen molar-refractivity contribution in [2.45, 2.75) is 6.10 Å². The maximum atomic E-state index is 12.1. The van der Waals surface area contributed by atoms with Crippen molar-refractivity contribution in [3.05, 3.63) is 69.7 Å². The molecule has 1 N–H and O–H groups in total. The summed E-state index contributed by atoms with van der Waals surface area (Å²) in [6, 6.07) is 13.1. The number of Topliss-reactive ketones (excluding diaryl/α,β-unsaturated/α-hetero) is 1. The fourth-order valence-electron chi connectivity index (χ4n) is 1.60. The third kappa shape index (κ3) is 2.72. The summed E-state index contributed by atoms with van der Waals surface area (Å²) in [4.78, 5) is 12.1. The first-order valence-electron chi connectivity index (χ1n) is 5.32. The Hall–Kier alpha value is -1.35. The van der Waals surface area contributed by atoms with E-state index in [4.69, 9.17) is 23.2 Å². The molecule has 1 unspecified atom stereocenters. The van der Waals surface area contributed by atoms with Crippen LogP contribution in [0.4, 0.5) is 0 Å². The standard InChI is InChI=1S/C14H10Cl2O2/c15-10-7-5-9(6-8-10)13(17)14(18)11-3-1-2-4-12(11)16/h1-8,13,17H. The molecule has 2 aromatic rings. The van der Waals surface area contributed by atoms with Gasteiger partial charge in [-0.2, -0.15) is 0 Å². The van der Waals surface area contributed by atoms with Crippen LogP contribution in [0, 0.1) is 0 Å². The van der Waals surface area contributed by atoms with Crippen molar-refractivity contribution in [2.75, 3.05) is 0 Å². The molecular weight excluding hydrogens is 271 g/mol. The highest BCUT2D eigenvalue weighted by atomic mass is 35.5. The average Bonchev–Trinajstić information content (AvgIpc) is 2.38. The number of hydrogen-bond acceptors (Lipinski definition) is 2. The van der Waals surface area contributed by atoms with Crippen molar-refractivity contribution in [3.63, 3.8) is 0 Å². The molecule has 0 heterocycles. The lowest BCUT2D eigenvalue weighted by molar-refractivity contribution is 0.0747. The van der Waals surface area contributed by atoms with Crippen LogP contribution < -0.4 is 0 Å². The molecule has 0 aliphatic rings. The maximum absolute atomic E-state index is 12.1. The predicted molar refractivity (Wildman–Crippen MR) is 72.2 cm³/mol. The minimum absolute atomic E-state index is 0.307. The van der Waals surface area contributed by atoms with Gasteiger partial charge in [0.2, 0.25) is 0 Å². The van der Waals surface area contributed by atoms with E-state index >= 15 is 0 Å². The Balaban J connectivity index is 2.29. The fraction of sp³-hybridized carbons (Fsp3) is 0.0714. The second-order valence-corrected chi connectivity index (χ2v) is 4.64. The Morgan fingerprint density at radius 1 is 1.00 bits per heavy atom. The van der Waals surface area contributed by atoms with Gasteiger partial charge >= 0.3 is 0 Å². The molecule has 0 saturated carbocycles. The van der Waals surface area contributed by atoms with Crippen LogP contribution in [0.2, 0.25) is 10.0 Å².